The van der Waals surface area contributed by atoms with Gasteiger partial charge in [-0.2, -0.15) is 0 Å². The van der Waals surface area contributed by atoms with Gasteiger partial charge in [0.1, 0.15) is 12.6 Å². The highest BCUT2D eigenvalue weighted by atomic mass is 19.4. The lowest BCUT2D eigenvalue weighted by Gasteiger charge is -2.29. The number of hydrogen-bond acceptors (Lipinski definition) is 5. The number of hydrogen-bond donors (Lipinski definition) is 2. The number of nitrogens with zero attached hydrogens (tertiary/aromatic N) is 1. The van der Waals surface area contributed by atoms with E-state index in [-0.39, 0.29) is 37.1 Å². The van der Waals surface area contributed by atoms with Crippen molar-refractivity contribution in [3.8, 4) is 0 Å². The molecule has 1 saturated carbocycles. The number of nitrogens with two attached hydrogens (primary N) is 1. The second kappa shape index (κ2) is 8.31. The number of rotatable bonds is 7. The normalized spacial score (nSPS) is 31.0. The van der Waals surface area contributed by atoms with Crippen molar-refractivity contribution in [3.05, 3.63) is 0 Å². The number of Topliss-reactive ketones (excluding diaryl/α,β-unsaturated/α-hetero) is 1. The first kappa shape index (κ1) is 24.5. The van der Waals surface area contributed by atoms with E-state index in [0.717, 1.165) is 0 Å². The maximum atomic E-state index is 12.9. The Balaban J connectivity index is 1.80. The summed E-state index contributed by atoms with van der Waals surface area (Å²) in [6.07, 6.45) is -3.59. The van der Waals surface area contributed by atoms with Gasteiger partial charge in [0.25, 0.3) is 0 Å². The molecule has 3 unspecified atom stereocenters. The highest BCUT2D eigenvalue weighted by Gasteiger charge is 2.65. The molecular formula is C21H30F3N3O5. The van der Waals surface area contributed by atoms with E-state index in [4.69, 9.17) is 5.73 Å². The van der Waals surface area contributed by atoms with Gasteiger partial charge in [-0.1, -0.05) is 20.8 Å². The summed E-state index contributed by atoms with van der Waals surface area (Å²) in [4.78, 5) is 51.2. The fraction of sp³-hybridized carbons (Fsp3) is 0.810. The van der Waals surface area contributed by atoms with Crippen LogP contribution in [0, 0.1) is 28.6 Å². The second-order valence-corrected chi connectivity index (χ2v) is 10.3. The van der Waals surface area contributed by atoms with Crippen LogP contribution in [-0.2, 0) is 23.9 Å². The van der Waals surface area contributed by atoms with Gasteiger partial charge in [-0.15, -0.1) is 13.2 Å². The summed E-state index contributed by atoms with van der Waals surface area (Å²) in [5.41, 5.74) is 4.22. The standard InChI is InChI=1S/C21H30F3N3O5/c1-19(2,3)18(31)27-10-20(8-14(27)16(25)29)7-13(20)12(6-11-4-5-26-17(11)30)15(28)9-32-21(22,23)24/h11-14H,4-10H2,1-3H3,(H2,25,29)(H,26,30)/t11-,12+,13?,14?,20?/m1/s1. The number of ether oxygens (including phenoxy) is 1. The smallest absolute Gasteiger partial charge is 0.368 e. The summed E-state index contributed by atoms with van der Waals surface area (Å²) in [7, 11) is 0. The number of halogens is 3. The average Bonchev–Trinajstić information content (AvgIpc) is 2.98. The summed E-state index contributed by atoms with van der Waals surface area (Å²) in [6, 6.07) is -0.830. The SMILES string of the molecule is CC(C)(C)C(=O)N1CC2(CC1C(N)=O)CC2[C@H](C[C@H]1CCNC1=O)C(=O)COC(F)(F)F. The highest BCUT2D eigenvalue weighted by Crippen LogP contribution is 2.64. The van der Waals surface area contributed by atoms with Crippen LogP contribution in [0.2, 0.25) is 0 Å². The molecule has 11 heteroatoms. The second-order valence-electron chi connectivity index (χ2n) is 10.3. The zero-order valence-electron chi connectivity index (χ0n) is 18.5. The van der Waals surface area contributed by atoms with E-state index in [1.54, 1.807) is 20.8 Å². The number of amides is 3. The summed E-state index contributed by atoms with van der Waals surface area (Å²) in [6.45, 7) is 4.71. The minimum Gasteiger partial charge on any atom is -0.368 e. The summed E-state index contributed by atoms with van der Waals surface area (Å²) < 4.78 is 41.3. The van der Waals surface area contributed by atoms with E-state index in [1.165, 1.54) is 4.90 Å². The van der Waals surface area contributed by atoms with Crippen LogP contribution in [0.5, 0.6) is 0 Å². The molecule has 2 heterocycles. The van der Waals surface area contributed by atoms with E-state index in [1.807, 2.05) is 0 Å². The zero-order chi connectivity index (χ0) is 24.1. The van der Waals surface area contributed by atoms with Gasteiger partial charge in [0.2, 0.25) is 17.7 Å². The lowest BCUT2D eigenvalue weighted by Crippen LogP contribution is -2.47. The molecule has 180 valence electrons. The molecule has 0 bridgehead atoms. The monoisotopic (exact) mass is 461 g/mol. The molecule has 5 atom stereocenters. The molecule has 32 heavy (non-hydrogen) atoms. The molecule has 1 spiro atoms. The van der Waals surface area contributed by atoms with Gasteiger partial charge in [0, 0.05) is 30.3 Å². The van der Waals surface area contributed by atoms with E-state index in [2.05, 4.69) is 10.1 Å². The molecule has 2 saturated heterocycles. The topological polar surface area (TPSA) is 119 Å². The third kappa shape index (κ3) is 5.07. The van der Waals surface area contributed by atoms with Crippen molar-refractivity contribution < 1.29 is 37.1 Å². The molecule has 0 aromatic carbocycles. The van der Waals surface area contributed by atoms with Crippen LogP contribution in [0.4, 0.5) is 13.2 Å². The van der Waals surface area contributed by atoms with Gasteiger partial charge < -0.3 is 16.0 Å². The van der Waals surface area contributed by atoms with Crippen LogP contribution in [0.3, 0.4) is 0 Å². The number of likely N-dealkylation sites (tertiary alicyclic amines) is 1. The number of alkyl halides is 3. The Kier molecular flexibility index (Phi) is 6.36. The third-order valence-corrected chi connectivity index (χ3v) is 6.92. The van der Waals surface area contributed by atoms with Crippen LogP contribution < -0.4 is 11.1 Å². The molecule has 2 aliphatic heterocycles. The van der Waals surface area contributed by atoms with Crippen LogP contribution in [0.1, 0.15) is 46.5 Å². The largest absolute Gasteiger partial charge is 0.522 e. The Morgan fingerprint density at radius 3 is 2.41 bits per heavy atom. The van der Waals surface area contributed by atoms with Crippen LogP contribution in [-0.4, -0.2) is 60.5 Å². The van der Waals surface area contributed by atoms with Gasteiger partial charge in [0.05, 0.1) is 0 Å². The Morgan fingerprint density at radius 2 is 1.91 bits per heavy atom. The molecule has 3 N–H and O–H groups in total. The predicted molar refractivity (Wildman–Crippen MR) is 106 cm³/mol. The van der Waals surface area contributed by atoms with Crippen LogP contribution in [0.15, 0.2) is 0 Å². The fourth-order valence-electron chi connectivity index (χ4n) is 5.23. The first-order valence-corrected chi connectivity index (χ1v) is 10.8. The van der Waals surface area contributed by atoms with Crippen LogP contribution >= 0.6 is 0 Å². The van der Waals surface area contributed by atoms with Gasteiger partial charge >= 0.3 is 6.36 Å². The predicted octanol–water partition coefficient (Wildman–Crippen LogP) is 1.37. The molecular weight excluding hydrogens is 431 g/mol. The third-order valence-electron chi connectivity index (χ3n) is 6.92. The fourth-order valence-corrected chi connectivity index (χ4v) is 5.23. The summed E-state index contributed by atoms with van der Waals surface area (Å²) in [5, 5.41) is 2.68. The minimum atomic E-state index is -4.94. The first-order valence-electron chi connectivity index (χ1n) is 10.8. The Bertz CT molecular complexity index is 809. The maximum Gasteiger partial charge on any atom is 0.522 e. The Hall–Kier alpha value is -2.17. The molecule has 3 amide bonds. The molecule has 8 nitrogen and oxygen atoms in total. The number of primary amides is 1. The van der Waals surface area contributed by atoms with E-state index >= 15 is 0 Å². The molecule has 1 aliphatic carbocycles. The van der Waals surface area contributed by atoms with E-state index in [0.29, 0.717) is 19.4 Å². The Morgan fingerprint density at radius 1 is 1.25 bits per heavy atom. The van der Waals surface area contributed by atoms with Crippen LogP contribution in [0.25, 0.3) is 0 Å². The lowest BCUT2D eigenvalue weighted by atomic mass is 9.83. The molecule has 3 aliphatic rings. The highest BCUT2D eigenvalue weighted by molar-refractivity contribution is 5.90. The average molecular weight is 461 g/mol. The van der Waals surface area contributed by atoms with Crippen molar-refractivity contribution in [3.63, 3.8) is 0 Å². The first-order chi connectivity index (χ1) is 14.6. The zero-order valence-corrected chi connectivity index (χ0v) is 18.5. The van der Waals surface area contributed by atoms with Crippen molar-refractivity contribution in [1.82, 2.24) is 10.2 Å². The molecule has 0 aromatic heterocycles. The lowest BCUT2D eigenvalue weighted by molar-refractivity contribution is -0.321. The molecule has 3 fully saturated rings. The molecule has 0 aromatic rings. The Labute approximate surface area is 184 Å². The van der Waals surface area contributed by atoms with Gasteiger partial charge in [0.15, 0.2) is 5.78 Å². The van der Waals surface area contributed by atoms with Crippen molar-refractivity contribution in [2.24, 2.45) is 34.3 Å². The van der Waals surface area contributed by atoms with Gasteiger partial charge in [-0.25, -0.2) is 0 Å². The van der Waals surface area contributed by atoms with Gasteiger partial charge in [-0.3, -0.25) is 23.9 Å². The molecule has 3 rings (SSSR count). The number of carbonyl (C=O) groups is 4. The van der Waals surface area contributed by atoms with Crippen molar-refractivity contribution in [1.29, 1.82) is 0 Å². The van der Waals surface area contributed by atoms with E-state index < -0.39 is 53.4 Å². The summed E-state index contributed by atoms with van der Waals surface area (Å²) >= 11 is 0. The number of nitrogens with one attached hydrogen (secondary N) is 1. The number of ketones is 1. The van der Waals surface area contributed by atoms with E-state index in [9.17, 15) is 32.3 Å². The van der Waals surface area contributed by atoms with Gasteiger partial charge in [-0.05, 0) is 37.0 Å². The summed E-state index contributed by atoms with van der Waals surface area (Å²) in [5.74, 6) is -3.48. The van der Waals surface area contributed by atoms with Crippen molar-refractivity contribution in [2.75, 3.05) is 19.7 Å². The minimum absolute atomic E-state index is 0.118. The maximum absolute atomic E-state index is 12.9. The van der Waals surface area contributed by atoms with Crippen molar-refractivity contribution in [2.45, 2.75) is 58.9 Å². The molecule has 0 radical (unpaired) electrons. The quantitative estimate of drug-likeness (QED) is 0.594. The van der Waals surface area contributed by atoms with Crippen molar-refractivity contribution >= 4 is 23.5 Å². The number of carbonyl (C=O) groups excluding carboxylic acids is 4.